The van der Waals surface area contributed by atoms with Gasteiger partial charge in [-0.15, -0.1) is 0 Å². The minimum absolute atomic E-state index is 0.367. The molecule has 3 nitrogen and oxygen atoms in total. The second-order valence-electron chi connectivity index (χ2n) is 4.69. The third-order valence-electron chi connectivity index (χ3n) is 3.17. The van der Waals surface area contributed by atoms with E-state index < -0.39 is 7.94 Å². The van der Waals surface area contributed by atoms with Gasteiger partial charge in [-0.05, 0) is 30.9 Å². The van der Waals surface area contributed by atoms with Crippen molar-refractivity contribution in [3.8, 4) is 0 Å². The van der Waals surface area contributed by atoms with E-state index in [0.29, 0.717) is 13.2 Å². The molecule has 4 heteroatoms. The Morgan fingerprint density at radius 1 is 1.26 bits per heavy atom. The summed E-state index contributed by atoms with van der Waals surface area (Å²) in [6, 6.07) is 8.41. The van der Waals surface area contributed by atoms with Crippen molar-refractivity contribution in [3.63, 3.8) is 0 Å². The number of unbranched alkanes of at least 4 members (excludes halogenated alkanes) is 1. The SMILES string of the molecule is CCCCc1ccc(C2=C[P+]([O-])(OCC)OC2)cc1. The standard InChI is InChI=1S/C15H21O3P/c1-3-5-6-13-7-9-14(10-8-13)15-11-18-19(16,12-15)17-4-2/h7-10,12H,3-6,11H2,1-2H3. The van der Waals surface area contributed by atoms with Gasteiger partial charge in [0.25, 0.3) is 7.94 Å². The third-order valence-corrected chi connectivity index (χ3v) is 4.90. The van der Waals surface area contributed by atoms with Crippen molar-refractivity contribution in [1.29, 1.82) is 0 Å². The maximum absolute atomic E-state index is 12.1. The van der Waals surface area contributed by atoms with Crippen LogP contribution >= 0.6 is 7.94 Å². The molecule has 0 amide bonds. The van der Waals surface area contributed by atoms with Crippen LogP contribution in [0.5, 0.6) is 0 Å². The van der Waals surface area contributed by atoms with Crippen molar-refractivity contribution < 1.29 is 13.9 Å². The second-order valence-corrected chi connectivity index (χ2v) is 6.54. The molecule has 0 N–H and O–H groups in total. The largest absolute Gasteiger partial charge is 0.628 e. The van der Waals surface area contributed by atoms with Gasteiger partial charge in [0.05, 0.1) is 6.61 Å². The second kappa shape index (κ2) is 6.62. The Bertz CT molecular complexity index is 441. The van der Waals surface area contributed by atoms with E-state index in [0.717, 1.165) is 17.6 Å². The third kappa shape index (κ3) is 3.87. The Morgan fingerprint density at radius 2 is 2.00 bits per heavy atom. The van der Waals surface area contributed by atoms with Crippen LogP contribution in [0.25, 0.3) is 5.57 Å². The first-order valence-electron chi connectivity index (χ1n) is 6.86. The van der Waals surface area contributed by atoms with E-state index in [1.807, 2.05) is 6.92 Å². The highest BCUT2D eigenvalue weighted by molar-refractivity contribution is 7.63. The monoisotopic (exact) mass is 280 g/mol. The van der Waals surface area contributed by atoms with E-state index in [2.05, 4.69) is 31.2 Å². The van der Waals surface area contributed by atoms with Gasteiger partial charge in [-0.3, -0.25) is 0 Å². The lowest BCUT2D eigenvalue weighted by Gasteiger charge is -2.17. The molecule has 1 unspecified atom stereocenters. The average molecular weight is 280 g/mol. The van der Waals surface area contributed by atoms with Gasteiger partial charge in [-0.1, -0.05) is 37.6 Å². The highest BCUT2D eigenvalue weighted by Gasteiger charge is 2.34. The van der Waals surface area contributed by atoms with E-state index in [1.165, 1.54) is 18.4 Å². The number of benzene rings is 1. The molecule has 1 aliphatic heterocycles. The van der Waals surface area contributed by atoms with Gasteiger partial charge in [0, 0.05) is 5.57 Å². The molecule has 2 rings (SSSR count). The van der Waals surface area contributed by atoms with Gasteiger partial charge in [0.15, 0.2) is 0 Å². The first kappa shape index (κ1) is 14.7. The molecule has 0 saturated carbocycles. The van der Waals surface area contributed by atoms with Crippen molar-refractivity contribution in [1.82, 2.24) is 0 Å². The van der Waals surface area contributed by atoms with E-state index in [4.69, 9.17) is 9.05 Å². The molecule has 1 aromatic carbocycles. The lowest BCUT2D eigenvalue weighted by molar-refractivity contribution is -0.211. The van der Waals surface area contributed by atoms with Crippen LogP contribution in [0.3, 0.4) is 0 Å². The van der Waals surface area contributed by atoms with Crippen LogP contribution in [0.2, 0.25) is 0 Å². The van der Waals surface area contributed by atoms with E-state index in [9.17, 15) is 4.89 Å². The molecule has 1 aromatic rings. The van der Waals surface area contributed by atoms with Crippen molar-refractivity contribution in [2.45, 2.75) is 33.1 Å². The van der Waals surface area contributed by atoms with E-state index >= 15 is 0 Å². The summed E-state index contributed by atoms with van der Waals surface area (Å²) in [4.78, 5) is 12.1. The van der Waals surface area contributed by atoms with Gasteiger partial charge in [-0.25, -0.2) is 9.05 Å². The number of aryl methyl sites for hydroxylation is 1. The van der Waals surface area contributed by atoms with Crippen LogP contribution in [0, 0.1) is 0 Å². The van der Waals surface area contributed by atoms with Crippen LogP contribution in [0.1, 0.15) is 37.8 Å². The summed E-state index contributed by atoms with van der Waals surface area (Å²) in [5.74, 6) is 1.65. The van der Waals surface area contributed by atoms with Crippen LogP contribution in [0.4, 0.5) is 0 Å². The average Bonchev–Trinajstić information content (AvgIpc) is 2.80. The minimum atomic E-state index is -2.98. The maximum Gasteiger partial charge on any atom is 0.264 e. The van der Waals surface area contributed by atoms with Crippen molar-refractivity contribution in [2.75, 3.05) is 13.2 Å². The molecule has 0 radical (unpaired) electrons. The lowest BCUT2D eigenvalue weighted by atomic mass is 10.0. The fraction of sp³-hybridized carbons (Fsp3) is 0.467. The molecular formula is C15H21O3P. The summed E-state index contributed by atoms with van der Waals surface area (Å²) in [6.45, 7) is 4.78. The highest BCUT2D eigenvalue weighted by atomic mass is 31.2. The zero-order valence-electron chi connectivity index (χ0n) is 11.6. The van der Waals surface area contributed by atoms with Gasteiger partial charge in [0.1, 0.15) is 12.4 Å². The Hall–Kier alpha value is -0.730. The molecule has 0 aromatic heterocycles. The number of hydrogen-bond donors (Lipinski definition) is 0. The van der Waals surface area contributed by atoms with Crippen LogP contribution in [0.15, 0.2) is 30.1 Å². The fourth-order valence-corrected chi connectivity index (χ4v) is 3.61. The predicted molar refractivity (Wildman–Crippen MR) is 77.5 cm³/mol. The normalized spacial score (nSPS) is 22.6. The molecule has 1 aliphatic rings. The Labute approximate surface area is 115 Å². The van der Waals surface area contributed by atoms with E-state index in [1.54, 1.807) is 5.82 Å². The van der Waals surface area contributed by atoms with Gasteiger partial charge < -0.3 is 4.89 Å². The lowest BCUT2D eigenvalue weighted by Crippen LogP contribution is -2.10. The zero-order valence-corrected chi connectivity index (χ0v) is 12.5. The molecule has 1 atom stereocenters. The van der Waals surface area contributed by atoms with E-state index in [-0.39, 0.29) is 0 Å². The Kier molecular flexibility index (Phi) is 5.12. The topological polar surface area (TPSA) is 41.5 Å². The van der Waals surface area contributed by atoms with Crippen molar-refractivity contribution >= 4 is 13.5 Å². The fourth-order valence-electron chi connectivity index (χ4n) is 2.10. The molecule has 19 heavy (non-hydrogen) atoms. The molecule has 104 valence electrons. The van der Waals surface area contributed by atoms with Crippen LogP contribution in [-0.4, -0.2) is 13.2 Å². The molecule has 1 heterocycles. The van der Waals surface area contributed by atoms with Crippen LogP contribution in [-0.2, 0) is 15.5 Å². The molecule has 0 bridgehead atoms. The Balaban J connectivity index is 2.06. The first-order valence-corrected chi connectivity index (χ1v) is 8.48. The molecule has 0 fully saturated rings. The summed E-state index contributed by atoms with van der Waals surface area (Å²) < 4.78 is 10.5. The predicted octanol–water partition coefficient (Wildman–Crippen LogP) is 3.56. The molecule has 0 aliphatic carbocycles. The zero-order chi connectivity index (χ0) is 13.7. The van der Waals surface area contributed by atoms with Gasteiger partial charge in [-0.2, -0.15) is 0 Å². The smallest absolute Gasteiger partial charge is 0.264 e. The maximum atomic E-state index is 12.1. The summed E-state index contributed by atoms with van der Waals surface area (Å²) in [7, 11) is -2.98. The molecular weight excluding hydrogens is 259 g/mol. The summed E-state index contributed by atoms with van der Waals surface area (Å²) in [5, 5.41) is 0. The first-order chi connectivity index (χ1) is 9.17. The Morgan fingerprint density at radius 3 is 2.63 bits per heavy atom. The summed E-state index contributed by atoms with van der Waals surface area (Å²) in [6.07, 6.45) is 3.53. The summed E-state index contributed by atoms with van der Waals surface area (Å²) >= 11 is 0. The molecule has 0 spiro atoms. The van der Waals surface area contributed by atoms with Gasteiger partial charge in [0.2, 0.25) is 0 Å². The quantitative estimate of drug-likeness (QED) is 0.748. The summed E-state index contributed by atoms with van der Waals surface area (Å²) in [5.41, 5.74) is 3.37. The van der Waals surface area contributed by atoms with Gasteiger partial charge >= 0.3 is 0 Å². The molecule has 0 saturated heterocycles. The number of rotatable bonds is 6. The van der Waals surface area contributed by atoms with Crippen molar-refractivity contribution in [2.24, 2.45) is 0 Å². The van der Waals surface area contributed by atoms with Crippen LogP contribution < -0.4 is 4.89 Å². The number of hydrogen-bond acceptors (Lipinski definition) is 3. The highest BCUT2D eigenvalue weighted by Crippen LogP contribution is 2.60. The minimum Gasteiger partial charge on any atom is -0.628 e. The van der Waals surface area contributed by atoms with Crippen molar-refractivity contribution in [3.05, 3.63) is 41.2 Å².